The number of alkyl halides is 1. The molecule has 2 amide bonds. The zero-order chi connectivity index (χ0) is 23.7. The normalized spacial score (nSPS) is 18.5. The molecule has 1 aliphatic heterocycles. The molecule has 1 saturated carbocycles. The number of carbonyl (C=O) groups is 2. The van der Waals surface area contributed by atoms with Gasteiger partial charge in [-0.2, -0.15) is 5.26 Å². The van der Waals surface area contributed by atoms with Gasteiger partial charge in [0.1, 0.15) is 11.4 Å². The highest BCUT2D eigenvalue weighted by Gasteiger charge is 2.49. The molecule has 0 spiro atoms. The van der Waals surface area contributed by atoms with Crippen LogP contribution in [0.1, 0.15) is 75.6 Å². The molecule has 0 radical (unpaired) electrons. The first-order valence-corrected chi connectivity index (χ1v) is 11.5. The molecule has 0 aromatic heterocycles. The molecule has 1 aliphatic carbocycles. The molecule has 32 heavy (non-hydrogen) atoms. The van der Waals surface area contributed by atoms with Crippen molar-refractivity contribution in [1.82, 2.24) is 4.90 Å². The Morgan fingerprint density at radius 1 is 1.38 bits per heavy atom. The van der Waals surface area contributed by atoms with E-state index >= 15 is 0 Å². The summed E-state index contributed by atoms with van der Waals surface area (Å²) in [7, 11) is 1.56. The van der Waals surface area contributed by atoms with E-state index in [0.29, 0.717) is 23.9 Å². The number of methoxy groups -OCH3 is 1. The van der Waals surface area contributed by atoms with Crippen LogP contribution in [-0.4, -0.2) is 35.5 Å². The molecule has 2 aliphatic rings. The molecule has 0 saturated heterocycles. The van der Waals surface area contributed by atoms with Crippen LogP contribution in [0.3, 0.4) is 0 Å². The fraction of sp³-hybridized carbons (Fsp3) is 0.625. The SMILES string of the molecule is COc1c(NC(=O)C2(CCCCl)CC2)cc2c(c1C)C(CC#N)N(C(=O)OC(C)(C)C)C2. The Morgan fingerprint density at radius 3 is 2.59 bits per heavy atom. The molecular weight excluding hydrogens is 430 g/mol. The molecule has 1 atom stereocenters. The van der Waals surface area contributed by atoms with Gasteiger partial charge in [0.2, 0.25) is 5.91 Å². The van der Waals surface area contributed by atoms with Crippen molar-refractivity contribution in [3.8, 4) is 11.8 Å². The first kappa shape index (κ1) is 24.2. The van der Waals surface area contributed by atoms with E-state index in [1.165, 1.54) is 0 Å². The Kier molecular flexibility index (Phi) is 6.94. The summed E-state index contributed by atoms with van der Waals surface area (Å²) in [5.41, 5.74) is 2.19. The first-order chi connectivity index (χ1) is 15.1. The summed E-state index contributed by atoms with van der Waals surface area (Å²) in [4.78, 5) is 27.5. The number of fused-ring (bicyclic) bond motifs is 1. The standard InChI is InChI=1S/C24H32ClN3O4/c1-15-19-16(14-28(18(19)7-12-26)22(30)32-23(2,3)4)13-17(20(15)31-5)27-21(29)24(9-10-24)8-6-11-25/h13,18H,6-11,14H2,1-5H3,(H,27,29). The summed E-state index contributed by atoms with van der Waals surface area (Å²) in [6.45, 7) is 7.65. The van der Waals surface area contributed by atoms with Crippen LogP contribution in [0.4, 0.5) is 10.5 Å². The number of hydrogen-bond donors (Lipinski definition) is 1. The van der Waals surface area contributed by atoms with Crippen LogP contribution in [0.5, 0.6) is 5.75 Å². The largest absolute Gasteiger partial charge is 0.494 e. The number of benzene rings is 1. The minimum Gasteiger partial charge on any atom is -0.494 e. The third-order valence-corrected chi connectivity index (χ3v) is 6.46. The summed E-state index contributed by atoms with van der Waals surface area (Å²) in [6.07, 6.45) is 2.97. The molecule has 3 rings (SSSR count). The van der Waals surface area contributed by atoms with Crippen molar-refractivity contribution < 1.29 is 19.1 Å². The molecule has 1 aromatic carbocycles. The summed E-state index contributed by atoms with van der Waals surface area (Å²) in [6, 6.07) is 3.62. The second kappa shape index (κ2) is 9.19. The van der Waals surface area contributed by atoms with Crippen molar-refractivity contribution in [3.63, 3.8) is 0 Å². The van der Waals surface area contributed by atoms with E-state index in [2.05, 4.69) is 11.4 Å². The van der Waals surface area contributed by atoms with E-state index in [1.54, 1.807) is 12.0 Å². The molecule has 174 valence electrons. The zero-order valence-corrected chi connectivity index (χ0v) is 20.3. The van der Waals surface area contributed by atoms with Crippen LogP contribution in [-0.2, 0) is 16.1 Å². The molecule has 1 aromatic rings. The fourth-order valence-corrected chi connectivity index (χ4v) is 4.63. The van der Waals surface area contributed by atoms with Gasteiger partial charge in [0, 0.05) is 11.3 Å². The lowest BCUT2D eigenvalue weighted by Crippen LogP contribution is -2.35. The van der Waals surface area contributed by atoms with E-state index < -0.39 is 17.7 Å². The monoisotopic (exact) mass is 461 g/mol. The van der Waals surface area contributed by atoms with Crippen molar-refractivity contribution in [2.75, 3.05) is 18.3 Å². The van der Waals surface area contributed by atoms with Gasteiger partial charge in [0.25, 0.3) is 0 Å². The lowest BCUT2D eigenvalue weighted by Gasteiger charge is -2.28. The van der Waals surface area contributed by atoms with Gasteiger partial charge in [-0.25, -0.2) is 4.79 Å². The van der Waals surface area contributed by atoms with Gasteiger partial charge in [0.15, 0.2) is 0 Å². The number of hydrogen-bond acceptors (Lipinski definition) is 5. The summed E-state index contributed by atoms with van der Waals surface area (Å²) < 4.78 is 11.2. The van der Waals surface area contributed by atoms with Crippen LogP contribution >= 0.6 is 11.6 Å². The molecular formula is C24H32ClN3O4. The predicted molar refractivity (Wildman–Crippen MR) is 123 cm³/mol. The maximum Gasteiger partial charge on any atom is 0.411 e. The number of halogens is 1. The minimum atomic E-state index is -0.642. The van der Waals surface area contributed by atoms with Crippen LogP contribution < -0.4 is 10.1 Å². The van der Waals surface area contributed by atoms with Gasteiger partial charge in [-0.3, -0.25) is 9.69 Å². The van der Waals surface area contributed by atoms with Crippen molar-refractivity contribution in [3.05, 3.63) is 22.8 Å². The number of nitriles is 1. The van der Waals surface area contributed by atoms with Crippen LogP contribution in [0.25, 0.3) is 0 Å². The number of anilines is 1. The lowest BCUT2D eigenvalue weighted by atomic mass is 9.94. The average Bonchev–Trinajstić information content (AvgIpc) is 3.41. The van der Waals surface area contributed by atoms with Gasteiger partial charge in [0.05, 0.1) is 37.9 Å². The van der Waals surface area contributed by atoms with Crippen LogP contribution in [0, 0.1) is 23.7 Å². The van der Waals surface area contributed by atoms with E-state index in [-0.39, 0.29) is 17.7 Å². The number of rotatable bonds is 7. The molecule has 1 heterocycles. The first-order valence-electron chi connectivity index (χ1n) is 11.0. The number of amides is 2. The fourth-order valence-electron chi connectivity index (χ4n) is 4.50. The van der Waals surface area contributed by atoms with Gasteiger partial charge >= 0.3 is 6.09 Å². The van der Waals surface area contributed by atoms with Crippen molar-refractivity contribution in [1.29, 1.82) is 5.26 Å². The molecule has 1 N–H and O–H groups in total. The zero-order valence-electron chi connectivity index (χ0n) is 19.5. The molecule has 8 heteroatoms. The molecule has 1 unspecified atom stereocenters. The average molecular weight is 462 g/mol. The highest BCUT2D eigenvalue weighted by molar-refractivity contribution is 6.17. The second-order valence-electron chi connectivity index (χ2n) is 9.67. The van der Waals surface area contributed by atoms with E-state index in [0.717, 1.165) is 42.4 Å². The Bertz CT molecular complexity index is 944. The maximum absolute atomic E-state index is 13.0. The second-order valence-corrected chi connectivity index (χ2v) is 10.0. The van der Waals surface area contributed by atoms with E-state index in [1.807, 2.05) is 33.8 Å². The van der Waals surface area contributed by atoms with Gasteiger partial charge in [-0.05, 0) is 76.1 Å². The maximum atomic E-state index is 13.0. The predicted octanol–water partition coefficient (Wildman–Crippen LogP) is 5.45. The quantitative estimate of drug-likeness (QED) is 0.545. The Balaban J connectivity index is 1.93. The smallest absolute Gasteiger partial charge is 0.411 e. The Labute approximate surface area is 195 Å². The van der Waals surface area contributed by atoms with Crippen molar-refractivity contribution in [2.24, 2.45) is 5.41 Å². The summed E-state index contributed by atoms with van der Waals surface area (Å²) in [5, 5.41) is 12.5. The summed E-state index contributed by atoms with van der Waals surface area (Å²) >= 11 is 5.83. The highest BCUT2D eigenvalue weighted by Crippen LogP contribution is 2.51. The van der Waals surface area contributed by atoms with E-state index in [4.69, 9.17) is 21.1 Å². The summed E-state index contributed by atoms with van der Waals surface area (Å²) in [5.74, 6) is 1.08. The highest BCUT2D eigenvalue weighted by atomic mass is 35.5. The number of nitrogens with one attached hydrogen (secondary N) is 1. The Hall–Kier alpha value is -2.46. The van der Waals surface area contributed by atoms with E-state index in [9.17, 15) is 14.9 Å². The van der Waals surface area contributed by atoms with Crippen molar-refractivity contribution in [2.45, 2.75) is 78.0 Å². The van der Waals surface area contributed by atoms with Crippen LogP contribution in [0.15, 0.2) is 6.07 Å². The number of carbonyl (C=O) groups excluding carboxylic acids is 2. The Morgan fingerprint density at radius 2 is 2.06 bits per heavy atom. The van der Waals surface area contributed by atoms with Gasteiger partial charge in [-0.1, -0.05) is 0 Å². The topological polar surface area (TPSA) is 91.7 Å². The third-order valence-electron chi connectivity index (χ3n) is 6.19. The lowest BCUT2D eigenvalue weighted by molar-refractivity contribution is -0.121. The third kappa shape index (κ3) is 4.80. The van der Waals surface area contributed by atoms with Crippen molar-refractivity contribution >= 4 is 29.3 Å². The van der Waals surface area contributed by atoms with Crippen LogP contribution in [0.2, 0.25) is 0 Å². The molecule has 7 nitrogen and oxygen atoms in total. The van der Waals surface area contributed by atoms with Gasteiger partial charge in [-0.15, -0.1) is 11.6 Å². The number of ether oxygens (including phenoxy) is 2. The minimum absolute atomic E-state index is 0.0177. The number of nitrogens with zero attached hydrogens (tertiary/aromatic N) is 2. The van der Waals surface area contributed by atoms with Gasteiger partial charge < -0.3 is 14.8 Å². The molecule has 0 bridgehead atoms. The molecule has 1 fully saturated rings.